The van der Waals surface area contributed by atoms with Gasteiger partial charge in [-0.15, -0.1) is 0 Å². The molecule has 2 aromatic heterocycles. The monoisotopic (exact) mass is 481 g/mol. The van der Waals surface area contributed by atoms with E-state index in [1.54, 1.807) is 40.6 Å². The van der Waals surface area contributed by atoms with Crippen molar-refractivity contribution >= 4 is 27.9 Å². The Balaban J connectivity index is 1.54. The van der Waals surface area contributed by atoms with E-state index in [0.717, 1.165) is 33.1 Å². The summed E-state index contributed by atoms with van der Waals surface area (Å²) < 4.78 is 8.58. The van der Waals surface area contributed by atoms with Crippen LogP contribution in [0.3, 0.4) is 0 Å². The molecule has 0 spiro atoms. The van der Waals surface area contributed by atoms with Gasteiger partial charge in [0.05, 0.1) is 53.5 Å². The fraction of sp³-hybridized carbons (Fsp3) is 0.179. The topological polar surface area (TPSA) is 107 Å². The number of hydrogen-bond donors (Lipinski definition) is 2. The number of carbonyl (C=O) groups is 1. The Bertz CT molecular complexity index is 1710. The normalized spacial score (nSPS) is 14.7. The SMILES string of the molecule is Cn1c(=O)n(-c2ccc(C3(CC(=O)O)COC3)cc2)c2c3cc(-c4cccc(O)c4)ccc3ncc21. The summed E-state index contributed by atoms with van der Waals surface area (Å²) in [6, 6.07) is 20.3. The molecule has 180 valence electrons. The molecule has 1 fully saturated rings. The summed E-state index contributed by atoms with van der Waals surface area (Å²) in [6.45, 7) is 0.724. The van der Waals surface area contributed by atoms with Gasteiger partial charge in [0, 0.05) is 12.4 Å². The van der Waals surface area contributed by atoms with Gasteiger partial charge >= 0.3 is 11.7 Å². The lowest BCUT2D eigenvalue weighted by Gasteiger charge is -2.40. The van der Waals surface area contributed by atoms with E-state index in [0.29, 0.717) is 24.4 Å². The summed E-state index contributed by atoms with van der Waals surface area (Å²) in [4.78, 5) is 29.4. The maximum absolute atomic E-state index is 13.4. The zero-order valence-electron chi connectivity index (χ0n) is 19.5. The van der Waals surface area contributed by atoms with Crippen molar-refractivity contribution in [2.45, 2.75) is 11.8 Å². The smallest absolute Gasteiger partial charge is 0.333 e. The minimum absolute atomic E-state index is 0.00527. The minimum Gasteiger partial charge on any atom is -0.508 e. The van der Waals surface area contributed by atoms with E-state index in [9.17, 15) is 19.8 Å². The van der Waals surface area contributed by atoms with Crippen molar-refractivity contribution in [2.75, 3.05) is 13.2 Å². The molecule has 6 rings (SSSR count). The molecule has 0 saturated carbocycles. The molecule has 36 heavy (non-hydrogen) atoms. The summed E-state index contributed by atoms with van der Waals surface area (Å²) in [5.74, 6) is -0.688. The number of fused-ring (bicyclic) bond motifs is 3. The average Bonchev–Trinajstić information content (AvgIpc) is 3.11. The number of aromatic hydroxyl groups is 1. The van der Waals surface area contributed by atoms with E-state index in [1.807, 2.05) is 48.5 Å². The quantitative estimate of drug-likeness (QED) is 0.393. The van der Waals surface area contributed by atoms with E-state index < -0.39 is 11.4 Å². The van der Waals surface area contributed by atoms with Crippen LogP contribution in [0.4, 0.5) is 0 Å². The van der Waals surface area contributed by atoms with E-state index in [-0.39, 0.29) is 17.9 Å². The number of rotatable bonds is 5. The van der Waals surface area contributed by atoms with Gasteiger partial charge in [-0.25, -0.2) is 4.79 Å². The molecule has 0 bridgehead atoms. The highest BCUT2D eigenvalue weighted by Crippen LogP contribution is 2.37. The van der Waals surface area contributed by atoms with Gasteiger partial charge in [-0.05, 0) is 53.1 Å². The Morgan fingerprint density at radius 1 is 1.06 bits per heavy atom. The Morgan fingerprint density at radius 3 is 2.47 bits per heavy atom. The second kappa shape index (κ2) is 8.07. The van der Waals surface area contributed by atoms with Crippen LogP contribution in [0.5, 0.6) is 5.75 Å². The molecule has 0 unspecified atom stereocenters. The molecule has 1 saturated heterocycles. The van der Waals surface area contributed by atoms with Crippen molar-refractivity contribution < 1.29 is 19.7 Å². The third kappa shape index (κ3) is 3.37. The van der Waals surface area contributed by atoms with Crippen LogP contribution in [0, 0.1) is 0 Å². The fourth-order valence-corrected chi connectivity index (χ4v) is 5.07. The zero-order valence-corrected chi connectivity index (χ0v) is 19.5. The van der Waals surface area contributed by atoms with Gasteiger partial charge in [0.1, 0.15) is 5.75 Å². The Labute approximate surface area is 205 Å². The lowest BCUT2D eigenvalue weighted by Crippen LogP contribution is -2.48. The number of aryl methyl sites for hydroxylation is 1. The molecule has 8 nitrogen and oxygen atoms in total. The largest absolute Gasteiger partial charge is 0.508 e. The summed E-state index contributed by atoms with van der Waals surface area (Å²) in [6.07, 6.45) is 1.69. The summed E-state index contributed by atoms with van der Waals surface area (Å²) in [5.41, 5.74) is 4.73. The summed E-state index contributed by atoms with van der Waals surface area (Å²) in [5, 5.41) is 20.1. The molecule has 0 radical (unpaired) electrons. The highest BCUT2D eigenvalue weighted by molar-refractivity contribution is 6.04. The average molecular weight is 482 g/mol. The number of phenols is 1. The Kier molecular flexibility index (Phi) is 4.94. The number of phenolic OH excluding ortho intramolecular Hbond substituents is 1. The maximum Gasteiger partial charge on any atom is 0.333 e. The zero-order chi connectivity index (χ0) is 25.0. The van der Waals surface area contributed by atoms with Gasteiger partial charge in [-0.1, -0.05) is 30.3 Å². The molecule has 0 atom stereocenters. The van der Waals surface area contributed by atoms with Crippen molar-refractivity contribution in [2.24, 2.45) is 7.05 Å². The van der Waals surface area contributed by atoms with E-state index in [1.165, 1.54) is 0 Å². The molecule has 0 amide bonds. The molecule has 5 aromatic rings. The first-order chi connectivity index (χ1) is 17.4. The third-order valence-electron chi connectivity index (χ3n) is 7.05. The number of nitrogens with zero attached hydrogens (tertiary/aromatic N) is 3. The van der Waals surface area contributed by atoms with Crippen LogP contribution in [-0.2, 0) is 22.0 Å². The predicted octanol–water partition coefficient (Wildman–Crippen LogP) is 3.99. The van der Waals surface area contributed by atoms with E-state index in [4.69, 9.17) is 4.74 Å². The molecule has 2 N–H and O–H groups in total. The molecule has 0 aliphatic carbocycles. The highest BCUT2D eigenvalue weighted by Gasteiger charge is 2.42. The second-order valence-corrected chi connectivity index (χ2v) is 9.34. The van der Waals surface area contributed by atoms with Gasteiger partial charge in [0.2, 0.25) is 0 Å². The molecule has 3 heterocycles. The molecule has 3 aromatic carbocycles. The van der Waals surface area contributed by atoms with Crippen LogP contribution in [0.15, 0.2) is 77.7 Å². The molecule has 1 aliphatic heterocycles. The predicted molar refractivity (Wildman–Crippen MR) is 136 cm³/mol. The van der Waals surface area contributed by atoms with Crippen LogP contribution in [0.1, 0.15) is 12.0 Å². The van der Waals surface area contributed by atoms with Gasteiger partial charge in [0.25, 0.3) is 0 Å². The first-order valence-corrected chi connectivity index (χ1v) is 11.6. The van der Waals surface area contributed by atoms with Crippen molar-refractivity contribution in [3.8, 4) is 22.6 Å². The number of imidazole rings is 1. The Hall–Kier alpha value is -4.43. The molecule has 8 heteroatoms. The van der Waals surface area contributed by atoms with Gasteiger partial charge < -0.3 is 14.9 Å². The maximum atomic E-state index is 13.4. The van der Waals surface area contributed by atoms with Crippen molar-refractivity contribution in [1.82, 2.24) is 14.1 Å². The van der Waals surface area contributed by atoms with E-state index in [2.05, 4.69) is 4.98 Å². The molecule has 1 aliphatic rings. The van der Waals surface area contributed by atoms with Crippen LogP contribution in [0.25, 0.3) is 38.8 Å². The van der Waals surface area contributed by atoms with Crippen LogP contribution >= 0.6 is 0 Å². The number of benzene rings is 3. The van der Waals surface area contributed by atoms with Crippen LogP contribution in [0.2, 0.25) is 0 Å². The van der Waals surface area contributed by atoms with Crippen LogP contribution < -0.4 is 5.69 Å². The number of hydrogen-bond acceptors (Lipinski definition) is 5. The van der Waals surface area contributed by atoms with Crippen molar-refractivity contribution in [1.29, 1.82) is 0 Å². The van der Waals surface area contributed by atoms with Crippen molar-refractivity contribution in [3.63, 3.8) is 0 Å². The number of aliphatic carboxylic acids is 1. The van der Waals surface area contributed by atoms with Gasteiger partial charge in [-0.2, -0.15) is 0 Å². The standard InChI is InChI=1S/C28H23N3O5/c1-30-24-14-29-23-10-5-18(17-3-2-4-21(32)11-17)12-22(23)26(24)31(27(30)35)20-8-6-19(7-9-20)28(13-25(33)34)15-36-16-28/h2-12,14,32H,13,15-16H2,1H3,(H,33,34). The number of carboxylic acids is 1. The van der Waals surface area contributed by atoms with Crippen LogP contribution in [-0.4, -0.2) is 43.5 Å². The Morgan fingerprint density at radius 2 is 1.81 bits per heavy atom. The first kappa shape index (κ1) is 22.1. The number of aromatic nitrogens is 3. The molecular formula is C28H23N3O5. The highest BCUT2D eigenvalue weighted by atomic mass is 16.5. The first-order valence-electron chi connectivity index (χ1n) is 11.6. The fourth-order valence-electron chi connectivity index (χ4n) is 5.07. The van der Waals surface area contributed by atoms with Gasteiger partial charge in [0.15, 0.2) is 0 Å². The lowest BCUT2D eigenvalue weighted by molar-refractivity contribution is -0.145. The number of carboxylic acid groups (broad SMARTS) is 1. The van der Waals surface area contributed by atoms with Gasteiger partial charge in [-0.3, -0.25) is 18.9 Å². The number of pyridine rings is 1. The van der Waals surface area contributed by atoms with E-state index >= 15 is 0 Å². The second-order valence-electron chi connectivity index (χ2n) is 9.34. The summed E-state index contributed by atoms with van der Waals surface area (Å²) in [7, 11) is 1.72. The number of ether oxygens (including phenoxy) is 1. The third-order valence-corrected chi connectivity index (χ3v) is 7.05. The summed E-state index contributed by atoms with van der Waals surface area (Å²) >= 11 is 0. The van der Waals surface area contributed by atoms with Crippen molar-refractivity contribution in [3.05, 3.63) is 89.0 Å². The molecular weight excluding hydrogens is 458 g/mol. The minimum atomic E-state index is -0.867. The lowest BCUT2D eigenvalue weighted by atomic mass is 9.76.